The Labute approximate surface area is 134 Å². The number of nitrogens with one attached hydrogen (secondary N) is 1. The van der Waals surface area contributed by atoms with Gasteiger partial charge in [-0.25, -0.2) is 0 Å². The minimum absolute atomic E-state index is 0.220. The summed E-state index contributed by atoms with van der Waals surface area (Å²) in [6, 6.07) is 2.35. The molecule has 1 atom stereocenters. The van der Waals surface area contributed by atoms with E-state index in [1.807, 2.05) is 4.90 Å². The van der Waals surface area contributed by atoms with Gasteiger partial charge in [-0.3, -0.25) is 0 Å². The maximum absolute atomic E-state index is 6.01. The first kappa shape index (κ1) is 16.0. The molecule has 0 aliphatic rings. The highest BCUT2D eigenvalue weighted by molar-refractivity contribution is 7.07. The summed E-state index contributed by atoms with van der Waals surface area (Å²) in [5.41, 5.74) is 1.31. The van der Waals surface area contributed by atoms with E-state index in [0.717, 1.165) is 19.5 Å². The van der Waals surface area contributed by atoms with E-state index in [9.17, 15) is 0 Å². The summed E-state index contributed by atoms with van der Waals surface area (Å²) in [6.45, 7) is 7.90. The van der Waals surface area contributed by atoms with Crippen LogP contribution in [-0.4, -0.2) is 34.1 Å². The van der Waals surface area contributed by atoms with E-state index in [1.165, 1.54) is 5.56 Å². The predicted molar refractivity (Wildman–Crippen MR) is 89.5 cm³/mol. The molecule has 21 heavy (non-hydrogen) atoms. The van der Waals surface area contributed by atoms with Gasteiger partial charge in [-0.15, -0.1) is 0 Å². The average molecular weight is 326 g/mol. The Morgan fingerprint density at radius 3 is 2.67 bits per heavy atom. The Morgan fingerprint density at radius 2 is 2.05 bits per heavy atom. The summed E-state index contributed by atoms with van der Waals surface area (Å²) in [6.07, 6.45) is 0.924. The smallest absolute Gasteiger partial charge is 0.231 e. The Hall–Kier alpha value is -1.40. The molecule has 0 aliphatic heterocycles. The summed E-state index contributed by atoms with van der Waals surface area (Å²) >= 11 is 7.71. The zero-order valence-corrected chi connectivity index (χ0v) is 14.1. The van der Waals surface area contributed by atoms with Gasteiger partial charge in [0.25, 0.3) is 0 Å². The second-order valence-electron chi connectivity index (χ2n) is 4.78. The van der Waals surface area contributed by atoms with E-state index >= 15 is 0 Å². The lowest BCUT2D eigenvalue weighted by atomic mass is 10.1. The first-order valence-electron chi connectivity index (χ1n) is 7.06. The molecule has 0 fully saturated rings. The first-order chi connectivity index (χ1) is 10.1. The Balaban J connectivity index is 2.08. The van der Waals surface area contributed by atoms with E-state index in [1.54, 1.807) is 11.3 Å². The molecule has 7 heteroatoms. The quantitative estimate of drug-likeness (QED) is 0.844. The van der Waals surface area contributed by atoms with Gasteiger partial charge in [0.1, 0.15) is 0 Å². The molecule has 5 nitrogen and oxygen atoms in total. The topological polar surface area (TPSA) is 53.9 Å². The van der Waals surface area contributed by atoms with Crippen molar-refractivity contribution in [3.8, 4) is 0 Å². The van der Waals surface area contributed by atoms with Crippen molar-refractivity contribution in [1.29, 1.82) is 0 Å². The van der Waals surface area contributed by atoms with Gasteiger partial charge in [0.15, 0.2) is 0 Å². The maximum atomic E-state index is 6.01. The second-order valence-corrected chi connectivity index (χ2v) is 5.90. The molecule has 0 saturated heterocycles. The highest BCUT2D eigenvalue weighted by atomic mass is 35.5. The van der Waals surface area contributed by atoms with Crippen molar-refractivity contribution in [3.05, 3.63) is 27.7 Å². The van der Waals surface area contributed by atoms with Crippen molar-refractivity contribution in [2.24, 2.45) is 0 Å². The van der Waals surface area contributed by atoms with Crippen LogP contribution in [0.1, 0.15) is 26.3 Å². The van der Waals surface area contributed by atoms with Gasteiger partial charge in [-0.1, -0.05) is 0 Å². The molecule has 0 aliphatic carbocycles. The highest BCUT2D eigenvalue weighted by Crippen LogP contribution is 2.15. The number of halogens is 1. The predicted octanol–water partition coefficient (Wildman–Crippen LogP) is 3.48. The van der Waals surface area contributed by atoms with Gasteiger partial charge in [-0.2, -0.15) is 26.3 Å². The van der Waals surface area contributed by atoms with Crippen LogP contribution in [0.3, 0.4) is 0 Å². The van der Waals surface area contributed by atoms with Crippen molar-refractivity contribution < 1.29 is 0 Å². The summed E-state index contributed by atoms with van der Waals surface area (Å²) in [4.78, 5) is 14.9. The normalized spacial score (nSPS) is 12.2. The molecular formula is C14H20ClN5S. The number of nitrogens with zero attached hydrogens (tertiary/aromatic N) is 4. The molecule has 0 amide bonds. The van der Waals surface area contributed by atoms with Crippen LogP contribution < -0.4 is 10.2 Å². The minimum Gasteiger partial charge on any atom is -0.351 e. The molecule has 1 N–H and O–H groups in total. The van der Waals surface area contributed by atoms with E-state index in [2.05, 4.69) is 57.9 Å². The fourth-order valence-electron chi connectivity index (χ4n) is 2.09. The average Bonchev–Trinajstić information content (AvgIpc) is 2.92. The van der Waals surface area contributed by atoms with Crippen LogP contribution in [0, 0.1) is 0 Å². The van der Waals surface area contributed by atoms with Gasteiger partial charge >= 0.3 is 0 Å². The summed E-state index contributed by atoms with van der Waals surface area (Å²) < 4.78 is 0. The molecule has 114 valence electrons. The molecule has 2 heterocycles. The van der Waals surface area contributed by atoms with Crippen LogP contribution in [0.25, 0.3) is 0 Å². The summed E-state index contributed by atoms with van der Waals surface area (Å²) in [5, 5.41) is 7.75. The van der Waals surface area contributed by atoms with E-state index in [-0.39, 0.29) is 11.3 Å². The van der Waals surface area contributed by atoms with Crippen LogP contribution in [0.15, 0.2) is 16.8 Å². The van der Waals surface area contributed by atoms with Crippen LogP contribution in [0.2, 0.25) is 5.28 Å². The second kappa shape index (κ2) is 7.56. The molecule has 2 aromatic heterocycles. The minimum atomic E-state index is 0.220. The third-order valence-electron chi connectivity index (χ3n) is 3.14. The largest absolute Gasteiger partial charge is 0.351 e. The number of aromatic nitrogens is 3. The third-order valence-corrected chi connectivity index (χ3v) is 4.04. The van der Waals surface area contributed by atoms with Gasteiger partial charge in [-0.05, 0) is 61.2 Å². The molecule has 0 saturated carbocycles. The monoisotopic (exact) mass is 325 g/mol. The highest BCUT2D eigenvalue weighted by Gasteiger charge is 2.12. The van der Waals surface area contributed by atoms with E-state index in [4.69, 9.17) is 11.6 Å². The number of anilines is 2. The number of rotatable bonds is 7. The molecule has 2 aromatic rings. The van der Waals surface area contributed by atoms with Crippen molar-refractivity contribution >= 4 is 34.8 Å². The molecule has 1 unspecified atom stereocenters. The third kappa shape index (κ3) is 4.54. The number of hydrogen-bond acceptors (Lipinski definition) is 6. The number of thiophene rings is 1. The van der Waals surface area contributed by atoms with Crippen molar-refractivity contribution in [2.75, 3.05) is 23.3 Å². The SMILES string of the molecule is CCN(CC)c1nc(Cl)nc(NC(C)Cc2ccsc2)n1. The molecular weight excluding hydrogens is 306 g/mol. The Morgan fingerprint density at radius 1 is 1.29 bits per heavy atom. The van der Waals surface area contributed by atoms with Crippen LogP contribution >= 0.6 is 22.9 Å². The zero-order valence-electron chi connectivity index (χ0n) is 12.5. The molecule has 2 rings (SSSR count). The molecule has 0 radical (unpaired) electrons. The van der Waals surface area contributed by atoms with E-state index in [0.29, 0.717) is 11.9 Å². The fraction of sp³-hybridized carbons (Fsp3) is 0.500. The van der Waals surface area contributed by atoms with Crippen molar-refractivity contribution in [3.63, 3.8) is 0 Å². The molecule has 0 spiro atoms. The van der Waals surface area contributed by atoms with Gasteiger partial charge in [0, 0.05) is 19.1 Å². The lowest BCUT2D eigenvalue weighted by Crippen LogP contribution is -2.26. The van der Waals surface area contributed by atoms with Gasteiger partial charge < -0.3 is 10.2 Å². The zero-order chi connectivity index (χ0) is 15.2. The Kier molecular flexibility index (Phi) is 5.76. The molecule has 0 bridgehead atoms. The van der Waals surface area contributed by atoms with Crippen molar-refractivity contribution in [1.82, 2.24) is 15.0 Å². The first-order valence-corrected chi connectivity index (χ1v) is 8.38. The van der Waals surface area contributed by atoms with E-state index < -0.39 is 0 Å². The lowest BCUT2D eigenvalue weighted by molar-refractivity contribution is 0.766. The van der Waals surface area contributed by atoms with Crippen LogP contribution in [-0.2, 0) is 6.42 Å². The van der Waals surface area contributed by atoms with Crippen LogP contribution in [0.5, 0.6) is 0 Å². The summed E-state index contributed by atoms with van der Waals surface area (Å²) in [7, 11) is 0. The summed E-state index contributed by atoms with van der Waals surface area (Å²) in [5.74, 6) is 1.14. The van der Waals surface area contributed by atoms with Crippen molar-refractivity contribution in [2.45, 2.75) is 33.2 Å². The lowest BCUT2D eigenvalue weighted by Gasteiger charge is -2.20. The standard InChI is InChI=1S/C14H20ClN5S/c1-4-20(5-2)14-18-12(15)17-13(19-14)16-10(3)8-11-6-7-21-9-11/h6-7,9-10H,4-5,8H2,1-3H3,(H,16,17,18,19). The maximum Gasteiger partial charge on any atom is 0.231 e. The number of hydrogen-bond donors (Lipinski definition) is 1. The van der Waals surface area contributed by atoms with Crippen LogP contribution in [0.4, 0.5) is 11.9 Å². The fourth-order valence-corrected chi connectivity index (χ4v) is 2.92. The van der Waals surface area contributed by atoms with Gasteiger partial charge in [0.05, 0.1) is 0 Å². The molecule has 0 aromatic carbocycles. The Bertz CT molecular complexity index is 556. The van der Waals surface area contributed by atoms with Gasteiger partial charge in [0.2, 0.25) is 17.2 Å².